The van der Waals surface area contributed by atoms with E-state index in [1.165, 1.54) is 19.8 Å². The van der Waals surface area contributed by atoms with Gasteiger partial charge in [0, 0.05) is 12.2 Å². The molecule has 23 heavy (non-hydrogen) atoms. The first-order valence-electron chi connectivity index (χ1n) is 7.48. The van der Waals surface area contributed by atoms with Crippen LogP contribution in [0, 0.1) is 0 Å². The van der Waals surface area contributed by atoms with Crippen LogP contribution < -0.4 is 4.90 Å². The van der Waals surface area contributed by atoms with Crippen molar-refractivity contribution >= 4 is 17.6 Å². The van der Waals surface area contributed by atoms with Gasteiger partial charge in [-0.25, -0.2) is 14.5 Å². The molecule has 0 radical (unpaired) electrons. The van der Waals surface area contributed by atoms with E-state index in [2.05, 4.69) is 10.1 Å². The number of nitrogens with zero attached hydrogens (tertiary/aromatic N) is 4. The van der Waals surface area contributed by atoms with Crippen molar-refractivity contribution in [1.82, 2.24) is 14.8 Å². The molecule has 1 aliphatic rings. The van der Waals surface area contributed by atoms with E-state index < -0.39 is 6.04 Å². The molecule has 7 nitrogen and oxygen atoms in total. The van der Waals surface area contributed by atoms with Crippen LogP contribution >= 0.6 is 0 Å². The third-order valence-corrected chi connectivity index (χ3v) is 4.08. The monoisotopic (exact) mass is 314 g/mol. The Morgan fingerprint density at radius 2 is 2.17 bits per heavy atom. The lowest BCUT2D eigenvalue weighted by atomic mass is 9.98. The van der Waals surface area contributed by atoms with Crippen molar-refractivity contribution in [2.24, 2.45) is 0 Å². The Balaban J connectivity index is 1.89. The van der Waals surface area contributed by atoms with Gasteiger partial charge in [0.1, 0.15) is 18.7 Å². The molecular weight excluding hydrogens is 296 g/mol. The lowest BCUT2D eigenvalue weighted by Gasteiger charge is -2.31. The summed E-state index contributed by atoms with van der Waals surface area (Å²) in [7, 11) is 1.36. The number of carbonyl (C=O) groups is 2. The fourth-order valence-electron chi connectivity index (χ4n) is 2.83. The molecule has 3 rings (SSSR count). The van der Waals surface area contributed by atoms with Crippen molar-refractivity contribution in [2.75, 3.05) is 18.6 Å². The zero-order valence-corrected chi connectivity index (χ0v) is 13.1. The van der Waals surface area contributed by atoms with Crippen molar-refractivity contribution in [3.8, 4) is 0 Å². The van der Waals surface area contributed by atoms with Crippen LogP contribution in [0.2, 0.25) is 0 Å². The number of aryl methyl sites for hydroxylation is 1. The molecule has 1 aromatic carbocycles. The van der Waals surface area contributed by atoms with Crippen LogP contribution in [-0.2, 0) is 16.0 Å². The molecule has 0 fully saturated rings. The van der Waals surface area contributed by atoms with Crippen LogP contribution in [-0.4, -0.2) is 40.3 Å². The van der Waals surface area contributed by atoms with E-state index in [1.54, 1.807) is 28.6 Å². The molecule has 2 aromatic rings. The largest absolute Gasteiger partial charge is 0.465 e. The Bertz CT molecular complexity index is 727. The number of rotatable bonds is 3. The van der Waals surface area contributed by atoms with E-state index in [0.717, 1.165) is 24.1 Å². The van der Waals surface area contributed by atoms with Crippen molar-refractivity contribution in [2.45, 2.75) is 25.8 Å². The topological polar surface area (TPSA) is 77.3 Å². The van der Waals surface area contributed by atoms with Gasteiger partial charge in [0.05, 0.1) is 12.7 Å². The summed E-state index contributed by atoms with van der Waals surface area (Å²) in [5, 5.41) is 4.03. The summed E-state index contributed by atoms with van der Waals surface area (Å²) in [5.41, 5.74) is 2.34. The van der Waals surface area contributed by atoms with E-state index >= 15 is 0 Å². The highest BCUT2D eigenvalue weighted by atomic mass is 16.5. The zero-order valence-electron chi connectivity index (χ0n) is 13.1. The third-order valence-electron chi connectivity index (χ3n) is 4.08. The van der Waals surface area contributed by atoms with Crippen LogP contribution in [0.5, 0.6) is 0 Å². The standard InChI is InChI=1S/C16H18N4O3/c1-11(20-10-17-9-18-20)15(21)19-7-3-4-12-8-13(16(22)23-2)5-6-14(12)19/h5-6,8-11H,3-4,7H2,1-2H3/t11-/m0/s1. The van der Waals surface area contributed by atoms with Gasteiger partial charge in [0.25, 0.3) is 5.91 Å². The van der Waals surface area contributed by atoms with E-state index in [1.807, 2.05) is 6.07 Å². The van der Waals surface area contributed by atoms with E-state index in [9.17, 15) is 9.59 Å². The lowest BCUT2D eigenvalue weighted by Crippen LogP contribution is -2.40. The van der Waals surface area contributed by atoms with Gasteiger partial charge in [-0.2, -0.15) is 5.10 Å². The summed E-state index contributed by atoms with van der Waals surface area (Å²) in [6, 6.07) is 4.88. The summed E-state index contributed by atoms with van der Waals surface area (Å²) in [4.78, 5) is 30.1. The number of hydrogen-bond donors (Lipinski definition) is 0. The lowest BCUT2D eigenvalue weighted by molar-refractivity contribution is -0.121. The number of aromatic nitrogens is 3. The number of hydrogen-bond acceptors (Lipinski definition) is 5. The first-order valence-corrected chi connectivity index (χ1v) is 7.48. The Labute approximate surface area is 133 Å². The van der Waals surface area contributed by atoms with Gasteiger partial charge in [-0.15, -0.1) is 0 Å². The number of methoxy groups -OCH3 is 1. The molecule has 0 unspecified atom stereocenters. The summed E-state index contributed by atoms with van der Waals surface area (Å²) in [5.74, 6) is -0.408. The molecule has 1 aromatic heterocycles. The van der Waals surface area contributed by atoms with Gasteiger partial charge in [0.15, 0.2) is 0 Å². The Morgan fingerprint density at radius 3 is 2.87 bits per heavy atom. The van der Waals surface area contributed by atoms with Crippen LogP contribution in [0.25, 0.3) is 0 Å². The van der Waals surface area contributed by atoms with Gasteiger partial charge < -0.3 is 9.64 Å². The SMILES string of the molecule is COC(=O)c1ccc2c(c1)CCCN2C(=O)[C@H](C)n1cncn1. The van der Waals surface area contributed by atoms with Gasteiger partial charge in [0.2, 0.25) is 0 Å². The normalized spacial score (nSPS) is 15.0. The highest BCUT2D eigenvalue weighted by Gasteiger charge is 2.28. The number of esters is 1. The second kappa shape index (κ2) is 6.20. The minimum atomic E-state index is -0.427. The molecule has 0 spiro atoms. The fourth-order valence-corrected chi connectivity index (χ4v) is 2.83. The molecule has 0 saturated heterocycles. The van der Waals surface area contributed by atoms with E-state index in [-0.39, 0.29) is 11.9 Å². The fraction of sp³-hybridized carbons (Fsp3) is 0.375. The summed E-state index contributed by atoms with van der Waals surface area (Å²) in [6.45, 7) is 2.45. The minimum Gasteiger partial charge on any atom is -0.465 e. The van der Waals surface area contributed by atoms with Crippen molar-refractivity contribution in [3.63, 3.8) is 0 Å². The van der Waals surface area contributed by atoms with Gasteiger partial charge >= 0.3 is 5.97 Å². The predicted molar refractivity (Wildman–Crippen MR) is 83.2 cm³/mol. The maximum Gasteiger partial charge on any atom is 0.337 e. The zero-order chi connectivity index (χ0) is 16.4. The smallest absolute Gasteiger partial charge is 0.337 e. The van der Waals surface area contributed by atoms with Crippen molar-refractivity contribution < 1.29 is 14.3 Å². The highest BCUT2D eigenvalue weighted by molar-refractivity contribution is 5.98. The molecule has 1 atom stereocenters. The van der Waals surface area contributed by atoms with Crippen molar-refractivity contribution in [3.05, 3.63) is 42.0 Å². The number of amides is 1. The number of benzene rings is 1. The second-order valence-corrected chi connectivity index (χ2v) is 5.48. The Hall–Kier alpha value is -2.70. The maximum absolute atomic E-state index is 12.8. The molecule has 2 heterocycles. The summed E-state index contributed by atoms with van der Waals surface area (Å²) >= 11 is 0. The third kappa shape index (κ3) is 2.81. The van der Waals surface area contributed by atoms with Gasteiger partial charge in [-0.05, 0) is 43.5 Å². The van der Waals surface area contributed by atoms with Crippen LogP contribution in [0.15, 0.2) is 30.9 Å². The van der Waals surface area contributed by atoms with E-state index in [0.29, 0.717) is 12.1 Å². The Morgan fingerprint density at radius 1 is 1.35 bits per heavy atom. The first-order chi connectivity index (χ1) is 11.1. The number of ether oxygens (including phenoxy) is 1. The predicted octanol–water partition coefficient (Wildman–Crippen LogP) is 1.61. The molecule has 1 aliphatic heterocycles. The Kier molecular flexibility index (Phi) is 4.10. The van der Waals surface area contributed by atoms with Gasteiger partial charge in [-0.3, -0.25) is 4.79 Å². The molecule has 7 heteroatoms. The first kappa shape index (κ1) is 15.2. The molecule has 0 aliphatic carbocycles. The quantitative estimate of drug-likeness (QED) is 0.804. The van der Waals surface area contributed by atoms with Gasteiger partial charge in [-0.1, -0.05) is 0 Å². The minimum absolute atomic E-state index is 0.0396. The number of anilines is 1. The van der Waals surface area contributed by atoms with Crippen LogP contribution in [0.4, 0.5) is 5.69 Å². The van der Waals surface area contributed by atoms with Crippen LogP contribution in [0.1, 0.15) is 35.3 Å². The average molecular weight is 314 g/mol. The number of fused-ring (bicyclic) bond motifs is 1. The second-order valence-electron chi connectivity index (χ2n) is 5.48. The van der Waals surface area contributed by atoms with E-state index in [4.69, 9.17) is 4.74 Å². The highest BCUT2D eigenvalue weighted by Crippen LogP contribution is 2.30. The molecule has 1 amide bonds. The molecule has 0 saturated carbocycles. The molecule has 0 N–H and O–H groups in total. The number of carbonyl (C=O) groups excluding carboxylic acids is 2. The van der Waals surface area contributed by atoms with Crippen molar-refractivity contribution in [1.29, 1.82) is 0 Å². The summed E-state index contributed by atoms with van der Waals surface area (Å²) in [6.07, 6.45) is 4.64. The summed E-state index contributed by atoms with van der Waals surface area (Å²) < 4.78 is 6.29. The molecule has 120 valence electrons. The molecule has 0 bridgehead atoms. The average Bonchev–Trinajstić information content (AvgIpc) is 3.13. The molecular formula is C16H18N4O3. The maximum atomic E-state index is 12.8. The van der Waals surface area contributed by atoms with Crippen LogP contribution in [0.3, 0.4) is 0 Å².